The third-order valence-corrected chi connectivity index (χ3v) is 5.47. The van der Waals surface area contributed by atoms with Crippen molar-refractivity contribution < 1.29 is 28.0 Å². The third kappa shape index (κ3) is 7.13. The standard InChI is InChI=1S/C10H5Cl2N5O5S.C5H2Cl2N2O2/c11-8-5(4-13-10(12)15-8)9(18)16-23(21,22)7-3-1-2-6(14-7)17(19)20;6-3-2(4(10)11)1-8-5(7)9-3/h1-4H,(H,16,18);1H,(H,10,11). The summed E-state index contributed by atoms with van der Waals surface area (Å²) in [4.78, 5) is 49.2. The highest BCUT2D eigenvalue weighted by Crippen LogP contribution is 2.16. The Morgan fingerprint density at radius 2 is 1.47 bits per heavy atom. The minimum Gasteiger partial charge on any atom is -0.478 e. The van der Waals surface area contributed by atoms with Crippen LogP contribution in [0.3, 0.4) is 0 Å². The fourth-order valence-electron chi connectivity index (χ4n) is 1.86. The number of aromatic nitrogens is 5. The van der Waals surface area contributed by atoms with E-state index in [9.17, 15) is 28.1 Å². The third-order valence-electron chi connectivity index (χ3n) is 3.30. The molecule has 0 saturated carbocycles. The molecule has 3 aromatic heterocycles. The molecule has 0 bridgehead atoms. The first-order chi connectivity index (χ1) is 15.8. The molecule has 0 aliphatic heterocycles. The highest BCUT2D eigenvalue weighted by atomic mass is 35.5. The lowest BCUT2D eigenvalue weighted by Crippen LogP contribution is -2.31. The van der Waals surface area contributed by atoms with Crippen molar-refractivity contribution in [3.8, 4) is 0 Å². The minimum absolute atomic E-state index is 0.0694. The van der Waals surface area contributed by atoms with Crippen molar-refractivity contribution in [2.24, 2.45) is 0 Å². The van der Waals surface area contributed by atoms with Gasteiger partial charge in [-0.15, -0.1) is 0 Å². The van der Waals surface area contributed by atoms with Crippen molar-refractivity contribution in [2.75, 3.05) is 0 Å². The van der Waals surface area contributed by atoms with Gasteiger partial charge in [0, 0.05) is 24.5 Å². The van der Waals surface area contributed by atoms with Crippen LogP contribution in [0.2, 0.25) is 20.9 Å². The number of carboxylic acids is 1. The van der Waals surface area contributed by atoms with Gasteiger partial charge in [0.25, 0.3) is 10.9 Å². The van der Waals surface area contributed by atoms with E-state index in [0.717, 1.165) is 30.6 Å². The molecule has 0 unspecified atom stereocenters. The fraction of sp³-hybridized carbons (Fsp3) is 0. The van der Waals surface area contributed by atoms with Crippen LogP contribution in [0, 0.1) is 10.1 Å². The zero-order valence-electron chi connectivity index (χ0n) is 15.9. The molecule has 0 atom stereocenters. The predicted molar refractivity (Wildman–Crippen MR) is 117 cm³/mol. The Bertz CT molecular complexity index is 1390. The molecule has 3 rings (SSSR count). The summed E-state index contributed by atoms with van der Waals surface area (Å²) in [5.74, 6) is -3.00. The monoisotopic (exact) mass is 569 g/mol. The molecular formula is C15H7Cl4N7O7S. The van der Waals surface area contributed by atoms with Gasteiger partial charge in [-0.1, -0.05) is 23.2 Å². The molecule has 2 N–H and O–H groups in total. The number of carbonyl (C=O) groups is 2. The first-order valence-electron chi connectivity index (χ1n) is 8.09. The van der Waals surface area contributed by atoms with Gasteiger partial charge in [0.1, 0.15) is 15.9 Å². The zero-order chi connectivity index (χ0) is 25.6. The van der Waals surface area contributed by atoms with Gasteiger partial charge in [0.15, 0.2) is 0 Å². The quantitative estimate of drug-likeness (QED) is 0.196. The van der Waals surface area contributed by atoms with Gasteiger partial charge in [-0.25, -0.2) is 29.5 Å². The number of nitrogens with one attached hydrogen (secondary N) is 1. The molecule has 19 heteroatoms. The molecule has 0 aliphatic rings. The molecule has 14 nitrogen and oxygen atoms in total. The van der Waals surface area contributed by atoms with Gasteiger partial charge in [-0.05, 0) is 39.2 Å². The molecule has 1 amide bonds. The summed E-state index contributed by atoms with van der Waals surface area (Å²) in [6, 6.07) is 3.11. The van der Waals surface area contributed by atoms with E-state index in [0.29, 0.717) is 0 Å². The largest absolute Gasteiger partial charge is 0.478 e. The predicted octanol–water partition coefficient (Wildman–Crippen LogP) is 2.69. The number of aromatic carboxylic acids is 1. The molecule has 0 aliphatic carbocycles. The summed E-state index contributed by atoms with van der Waals surface area (Å²) >= 11 is 21.9. The van der Waals surface area contributed by atoms with Crippen LogP contribution in [0.1, 0.15) is 20.7 Å². The van der Waals surface area contributed by atoms with Crippen LogP contribution in [-0.4, -0.2) is 55.2 Å². The van der Waals surface area contributed by atoms with Crippen molar-refractivity contribution in [1.29, 1.82) is 0 Å². The number of carboxylic acid groups (broad SMARTS) is 1. The number of sulfonamides is 1. The Kier molecular flexibility index (Phi) is 8.94. The van der Waals surface area contributed by atoms with E-state index in [1.165, 1.54) is 0 Å². The number of rotatable bonds is 5. The summed E-state index contributed by atoms with van der Waals surface area (Å²) in [5.41, 5.74) is -0.499. The lowest BCUT2D eigenvalue weighted by atomic mass is 10.3. The van der Waals surface area contributed by atoms with Crippen LogP contribution in [0.4, 0.5) is 5.82 Å². The zero-order valence-corrected chi connectivity index (χ0v) is 19.7. The maximum Gasteiger partial charge on any atom is 0.364 e. The van der Waals surface area contributed by atoms with Crippen molar-refractivity contribution in [2.45, 2.75) is 5.03 Å². The van der Waals surface area contributed by atoms with Crippen LogP contribution < -0.4 is 4.72 Å². The van der Waals surface area contributed by atoms with Crippen molar-refractivity contribution in [3.63, 3.8) is 0 Å². The molecule has 34 heavy (non-hydrogen) atoms. The number of carbonyl (C=O) groups excluding carboxylic acids is 1. The Hall–Kier alpha value is -3.24. The average molecular weight is 571 g/mol. The first kappa shape index (κ1) is 27.0. The first-order valence-corrected chi connectivity index (χ1v) is 11.1. The van der Waals surface area contributed by atoms with Crippen LogP contribution in [-0.2, 0) is 10.0 Å². The van der Waals surface area contributed by atoms with Gasteiger partial charge < -0.3 is 15.2 Å². The molecule has 0 saturated heterocycles. The lowest BCUT2D eigenvalue weighted by molar-refractivity contribution is -0.390. The lowest BCUT2D eigenvalue weighted by Gasteiger charge is -2.05. The van der Waals surface area contributed by atoms with E-state index >= 15 is 0 Å². The molecule has 3 heterocycles. The van der Waals surface area contributed by atoms with Crippen LogP contribution in [0.5, 0.6) is 0 Å². The van der Waals surface area contributed by atoms with Crippen LogP contribution in [0.15, 0.2) is 35.6 Å². The maximum absolute atomic E-state index is 12.0. The number of pyridine rings is 1. The van der Waals surface area contributed by atoms with E-state index in [-0.39, 0.29) is 32.0 Å². The molecule has 0 radical (unpaired) electrons. The Morgan fingerprint density at radius 1 is 0.941 bits per heavy atom. The molecule has 0 fully saturated rings. The summed E-state index contributed by atoms with van der Waals surface area (Å²) in [6.45, 7) is 0. The number of amides is 1. The SMILES string of the molecule is O=C(NS(=O)(=O)c1cccc([N+](=O)[O-])n1)c1cnc(Cl)nc1Cl.O=C(O)c1cnc(Cl)nc1Cl. The summed E-state index contributed by atoms with van der Waals surface area (Å²) < 4.78 is 25.7. The van der Waals surface area contributed by atoms with Crippen molar-refractivity contribution in [3.05, 3.63) is 72.7 Å². The van der Waals surface area contributed by atoms with Crippen LogP contribution >= 0.6 is 46.4 Å². The normalized spacial score (nSPS) is 10.6. The minimum atomic E-state index is -4.45. The van der Waals surface area contributed by atoms with Gasteiger partial charge >= 0.3 is 21.8 Å². The number of halogens is 4. The Labute approximate surface area is 209 Å². The maximum atomic E-state index is 12.0. The van der Waals surface area contributed by atoms with E-state index in [4.69, 9.17) is 51.5 Å². The molecule has 0 aromatic carbocycles. The fourth-order valence-corrected chi connectivity index (χ4v) is 3.57. The molecule has 0 spiro atoms. The van der Waals surface area contributed by atoms with E-state index in [1.54, 1.807) is 4.72 Å². The Balaban J connectivity index is 0.000000310. The van der Waals surface area contributed by atoms with E-state index in [1.807, 2.05) is 0 Å². The second kappa shape index (κ2) is 11.3. The second-order valence-electron chi connectivity index (χ2n) is 5.52. The summed E-state index contributed by atoms with van der Waals surface area (Å²) in [7, 11) is -4.45. The second-order valence-corrected chi connectivity index (χ2v) is 8.54. The molecule has 3 aromatic rings. The van der Waals surface area contributed by atoms with Crippen LogP contribution in [0.25, 0.3) is 0 Å². The average Bonchev–Trinajstić information content (AvgIpc) is 2.73. The van der Waals surface area contributed by atoms with E-state index < -0.39 is 37.7 Å². The van der Waals surface area contributed by atoms with Gasteiger partial charge in [0.2, 0.25) is 10.6 Å². The highest BCUT2D eigenvalue weighted by molar-refractivity contribution is 7.90. The molecular weight excluding hydrogens is 564 g/mol. The number of nitro groups is 1. The topological polar surface area (TPSA) is 208 Å². The number of hydrogen-bond acceptors (Lipinski definition) is 11. The number of hydrogen-bond donors (Lipinski definition) is 2. The number of nitrogens with zero attached hydrogens (tertiary/aromatic N) is 6. The molecule has 178 valence electrons. The summed E-state index contributed by atoms with van der Waals surface area (Å²) in [5, 5.41) is 17.6. The van der Waals surface area contributed by atoms with Crippen molar-refractivity contribution in [1.82, 2.24) is 29.6 Å². The summed E-state index contributed by atoms with van der Waals surface area (Å²) in [6.07, 6.45) is 1.99. The van der Waals surface area contributed by atoms with E-state index in [2.05, 4.69) is 24.9 Å². The smallest absolute Gasteiger partial charge is 0.364 e. The highest BCUT2D eigenvalue weighted by Gasteiger charge is 2.27. The Morgan fingerprint density at radius 3 is 1.94 bits per heavy atom. The van der Waals surface area contributed by atoms with Gasteiger partial charge in [0.05, 0.1) is 5.56 Å². The van der Waals surface area contributed by atoms with Gasteiger partial charge in [-0.3, -0.25) is 4.79 Å². The van der Waals surface area contributed by atoms with Gasteiger partial charge in [-0.2, -0.15) is 8.42 Å². The van der Waals surface area contributed by atoms with Crippen molar-refractivity contribution >= 4 is 74.1 Å².